The summed E-state index contributed by atoms with van der Waals surface area (Å²) in [7, 11) is 0. The first-order valence-corrected chi connectivity index (χ1v) is 10.3. The van der Waals surface area contributed by atoms with Gasteiger partial charge in [-0.15, -0.1) is 0 Å². The lowest BCUT2D eigenvalue weighted by molar-refractivity contribution is -0.123. The monoisotopic (exact) mass is 383 g/mol. The molecule has 3 atom stereocenters. The Morgan fingerprint density at radius 3 is 2.29 bits per heavy atom. The minimum absolute atomic E-state index is 0.0681. The molecule has 0 aliphatic heterocycles. The van der Waals surface area contributed by atoms with E-state index in [0.29, 0.717) is 18.9 Å². The van der Waals surface area contributed by atoms with Gasteiger partial charge in [-0.05, 0) is 42.0 Å². The number of hydrogen-bond donors (Lipinski definition) is 2. The second-order valence-corrected chi connectivity index (χ2v) is 7.39. The van der Waals surface area contributed by atoms with E-state index in [1.165, 1.54) is 0 Å². The molecular formula is C24H33NO3. The highest BCUT2D eigenvalue weighted by atomic mass is 16.5. The van der Waals surface area contributed by atoms with E-state index in [4.69, 9.17) is 4.74 Å². The van der Waals surface area contributed by atoms with Crippen molar-refractivity contribution in [3.05, 3.63) is 65.7 Å². The molecule has 4 nitrogen and oxygen atoms in total. The fourth-order valence-electron chi connectivity index (χ4n) is 3.38. The summed E-state index contributed by atoms with van der Waals surface area (Å²) in [4.78, 5) is 12.8. The van der Waals surface area contributed by atoms with Gasteiger partial charge in [0.1, 0.15) is 5.75 Å². The first-order chi connectivity index (χ1) is 13.6. The van der Waals surface area contributed by atoms with E-state index in [-0.39, 0.29) is 18.4 Å². The molecular weight excluding hydrogens is 350 g/mol. The lowest BCUT2D eigenvalue weighted by Gasteiger charge is -2.22. The van der Waals surface area contributed by atoms with Crippen LogP contribution >= 0.6 is 0 Å². The highest BCUT2D eigenvalue weighted by Gasteiger charge is 2.22. The minimum atomic E-state index is -0.432. The maximum Gasteiger partial charge on any atom is 0.228 e. The quantitative estimate of drug-likeness (QED) is 0.583. The zero-order valence-electron chi connectivity index (χ0n) is 17.2. The molecule has 2 aromatic carbocycles. The van der Waals surface area contributed by atoms with Gasteiger partial charge in [-0.1, -0.05) is 69.7 Å². The summed E-state index contributed by atoms with van der Waals surface area (Å²) >= 11 is 0. The van der Waals surface area contributed by atoms with Crippen molar-refractivity contribution in [1.29, 1.82) is 0 Å². The Hall–Kier alpha value is -2.33. The van der Waals surface area contributed by atoms with Gasteiger partial charge in [0.15, 0.2) is 0 Å². The van der Waals surface area contributed by atoms with Crippen molar-refractivity contribution in [2.45, 2.75) is 52.0 Å². The molecule has 2 N–H and O–H groups in total. The smallest absolute Gasteiger partial charge is 0.228 e. The Bertz CT molecular complexity index is 700. The van der Waals surface area contributed by atoms with E-state index in [2.05, 4.69) is 19.2 Å². The van der Waals surface area contributed by atoms with Gasteiger partial charge in [-0.2, -0.15) is 0 Å². The second-order valence-electron chi connectivity index (χ2n) is 7.39. The molecule has 0 aliphatic carbocycles. The van der Waals surface area contributed by atoms with Crippen LogP contribution < -0.4 is 10.1 Å². The van der Waals surface area contributed by atoms with Crippen LogP contribution in [0.25, 0.3) is 0 Å². The largest absolute Gasteiger partial charge is 0.493 e. The first kappa shape index (κ1) is 22.0. The number of carbonyl (C=O) groups excluding carboxylic acids is 1. The summed E-state index contributed by atoms with van der Waals surface area (Å²) in [6, 6.07) is 16.9. The third-order valence-corrected chi connectivity index (χ3v) is 5.02. The van der Waals surface area contributed by atoms with Crippen LogP contribution in [0.1, 0.15) is 63.1 Å². The van der Waals surface area contributed by atoms with Crippen molar-refractivity contribution in [3.63, 3.8) is 0 Å². The molecule has 4 heteroatoms. The lowest BCUT2D eigenvalue weighted by atomic mass is 9.95. The maximum absolute atomic E-state index is 12.8. The fraction of sp³-hybridized carbons (Fsp3) is 0.458. The Morgan fingerprint density at radius 2 is 1.71 bits per heavy atom. The molecule has 0 heterocycles. The number of hydrogen-bond acceptors (Lipinski definition) is 3. The van der Waals surface area contributed by atoms with Crippen molar-refractivity contribution in [2.75, 3.05) is 13.2 Å². The van der Waals surface area contributed by atoms with Crippen molar-refractivity contribution in [1.82, 2.24) is 5.32 Å². The summed E-state index contributed by atoms with van der Waals surface area (Å²) in [5.74, 6) is 1.04. The number of aliphatic hydroxyl groups is 1. The normalized spacial score (nSPS) is 14.1. The highest BCUT2D eigenvalue weighted by molar-refractivity contribution is 5.84. The van der Waals surface area contributed by atoms with E-state index in [1.807, 2.05) is 61.5 Å². The highest BCUT2D eigenvalue weighted by Crippen LogP contribution is 2.23. The van der Waals surface area contributed by atoms with E-state index in [1.54, 1.807) is 0 Å². The standard InChI is InChI=1S/C24H33NO3/c1-4-9-18(3)17-28-21-14-12-20(13-15-21)23(16-26)25-24(27)22(5-2)19-10-7-6-8-11-19/h6-8,10-15,18,22-23,26H,4-5,9,16-17H2,1-3H3,(H,25,27)/t18?,22-,23-/m0/s1. The van der Waals surface area contributed by atoms with Crippen LogP contribution in [0.5, 0.6) is 5.75 Å². The van der Waals surface area contributed by atoms with Gasteiger partial charge in [-0.3, -0.25) is 4.79 Å². The van der Waals surface area contributed by atoms with E-state index in [9.17, 15) is 9.90 Å². The summed E-state index contributed by atoms with van der Waals surface area (Å²) in [5.41, 5.74) is 1.86. The van der Waals surface area contributed by atoms with Crippen LogP contribution in [-0.2, 0) is 4.79 Å². The van der Waals surface area contributed by atoms with Crippen molar-refractivity contribution in [3.8, 4) is 5.75 Å². The number of benzene rings is 2. The summed E-state index contributed by atoms with van der Waals surface area (Å²) in [6.07, 6.45) is 3.01. The van der Waals surface area contributed by atoms with Crippen molar-refractivity contribution in [2.24, 2.45) is 5.92 Å². The van der Waals surface area contributed by atoms with Crippen molar-refractivity contribution >= 4 is 5.91 Å². The maximum atomic E-state index is 12.8. The Balaban J connectivity index is 1.99. The molecule has 1 unspecified atom stereocenters. The van der Waals surface area contributed by atoms with E-state index < -0.39 is 6.04 Å². The van der Waals surface area contributed by atoms with E-state index >= 15 is 0 Å². The summed E-state index contributed by atoms with van der Waals surface area (Å²) in [5, 5.41) is 12.8. The molecule has 0 saturated heterocycles. The third kappa shape index (κ3) is 6.38. The molecule has 0 spiro atoms. The number of carbonyl (C=O) groups is 1. The predicted molar refractivity (Wildman–Crippen MR) is 113 cm³/mol. The molecule has 0 fully saturated rings. The van der Waals surface area contributed by atoms with Gasteiger partial charge in [0.2, 0.25) is 5.91 Å². The zero-order valence-corrected chi connectivity index (χ0v) is 17.2. The molecule has 2 aromatic rings. The predicted octanol–water partition coefficient (Wildman–Crippen LogP) is 4.85. The number of ether oxygens (including phenoxy) is 1. The first-order valence-electron chi connectivity index (χ1n) is 10.3. The summed E-state index contributed by atoms with van der Waals surface area (Å²) in [6.45, 7) is 6.91. The lowest BCUT2D eigenvalue weighted by Crippen LogP contribution is -2.34. The molecule has 2 rings (SSSR count). The van der Waals surface area contributed by atoms with Crippen LogP contribution in [0, 0.1) is 5.92 Å². The van der Waals surface area contributed by atoms with Gasteiger partial charge in [0, 0.05) is 0 Å². The Kier molecular flexibility index (Phi) is 9.02. The van der Waals surface area contributed by atoms with Crippen LogP contribution in [-0.4, -0.2) is 24.2 Å². The molecule has 0 saturated carbocycles. The van der Waals surface area contributed by atoms with Crippen LogP contribution in [0.4, 0.5) is 0 Å². The Morgan fingerprint density at radius 1 is 1.04 bits per heavy atom. The second kappa shape index (κ2) is 11.5. The van der Waals surface area contributed by atoms with Gasteiger partial charge in [-0.25, -0.2) is 0 Å². The average Bonchev–Trinajstić information content (AvgIpc) is 2.72. The number of rotatable bonds is 11. The number of nitrogens with one attached hydrogen (secondary N) is 1. The van der Waals surface area contributed by atoms with Gasteiger partial charge in [0.05, 0.1) is 25.2 Å². The molecule has 1 amide bonds. The molecule has 152 valence electrons. The number of amides is 1. The van der Waals surface area contributed by atoms with Gasteiger partial charge >= 0.3 is 0 Å². The molecule has 28 heavy (non-hydrogen) atoms. The Labute approximate surface area is 168 Å². The molecule has 0 bridgehead atoms. The average molecular weight is 384 g/mol. The SMILES string of the molecule is CCCC(C)COc1ccc([C@H](CO)NC(=O)[C@@H](CC)c2ccccc2)cc1. The van der Waals surface area contributed by atoms with Crippen molar-refractivity contribution < 1.29 is 14.6 Å². The molecule has 0 aromatic heterocycles. The van der Waals surface area contributed by atoms with Crippen LogP contribution in [0.2, 0.25) is 0 Å². The minimum Gasteiger partial charge on any atom is -0.493 e. The molecule has 0 aliphatic rings. The zero-order chi connectivity index (χ0) is 20.4. The van der Waals surface area contributed by atoms with Crippen LogP contribution in [0.3, 0.4) is 0 Å². The van der Waals surface area contributed by atoms with E-state index in [0.717, 1.165) is 29.7 Å². The topological polar surface area (TPSA) is 58.6 Å². The fourth-order valence-corrected chi connectivity index (χ4v) is 3.38. The summed E-state index contributed by atoms with van der Waals surface area (Å²) < 4.78 is 5.83. The van der Waals surface area contributed by atoms with Gasteiger partial charge < -0.3 is 15.2 Å². The number of aliphatic hydroxyl groups excluding tert-OH is 1. The van der Waals surface area contributed by atoms with Gasteiger partial charge in [0.25, 0.3) is 0 Å². The molecule has 0 radical (unpaired) electrons. The third-order valence-electron chi connectivity index (χ3n) is 5.02. The van der Waals surface area contributed by atoms with Crippen LogP contribution in [0.15, 0.2) is 54.6 Å².